The van der Waals surface area contributed by atoms with Crippen LogP contribution in [0.2, 0.25) is 0 Å². The molecule has 0 saturated carbocycles. The molecule has 0 unspecified atom stereocenters. The van der Waals surface area contributed by atoms with Crippen molar-refractivity contribution in [2.24, 2.45) is 0 Å². The Morgan fingerprint density at radius 2 is 2.00 bits per heavy atom. The lowest BCUT2D eigenvalue weighted by atomic mass is 10.1. The third kappa shape index (κ3) is 2.27. The maximum absolute atomic E-state index is 12.5. The van der Waals surface area contributed by atoms with Gasteiger partial charge >= 0.3 is 0 Å². The number of carbonyl (C=O) groups excluding carboxylic acids is 1. The topological polar surface area (TPSA) is 64.4 Å². The van der Waals surface area contributed by atoms with Crippen molar-refractivity contribution >= 4 is 33.5 Å². The molecule has 1 N–H and O–H groups in total. The number of hydrogen-bond acceptors (Lipinski definition) is 4. The maximum atomic E-state index is 12.5. The molecule has 2 aromatic heterocycles. The summed E-state index contributed by atoms with van der Waals surface area (Å²) in [5.74, 6) is 0.403. The molecule has 0 saturated heterocycles. The van der Waals surface area contributed by atoms with Gasteiger partial charge in [-0.05, 0) is 30.3 Å². The molecule has 0 aliphatic rings. The molecule has 0 aliphatic carbocycles. The van der Waals surface area contributed by atoms with Gasteiger partial charge < -0.3 is 14.5 Å². The van der Waals surface area contributed by atoms with E-state index in [0.717, 1.165) is 16.4 Å². The van der Waals surface area contributed by atoms with Gasteiger partial charge in [0.15, 0.2) is 11.3 Å². The monoisotopic (exact) mass is 318 g/mol. The Kier molecular flexibility index (Phi) is 3.39. The highest BCUT2D eigenvalue weighted by Crippen LogP contribution is 2.39. The van der Waals surface area contributed by atoms with Crippen molar-refractivity contribution in [1.82, 2.24) is 4.98 Å². The summed E-state index contributed by atoms with van der Waals surface area (Å²) in [5, 5.41) is 4.68. The van der Waals surface area contributed by atoms with Crippen molar-refractivity contribution in [3.63, 3.8) is 0 Å². The van der Waals surface area contributed by atoms with E-state index in [0.29, 0.717) is 22.6 Å². The van der Waals surface area contributed by atoms with Crippen LogP contribution in [0.1, 0.15) is 10.4 Å². The highest BCUT2D eigenvalue weighted by molar-refractivity contribution is 6.17. The Morgan fingerprint density at radius 1 is 1.12 bits per heavy atom. The zero-order chi connectivity index (χ0) is 16.5. The van der Waals surface area contributed by atoms with Crippen LogP contribution in [-0.4, -0.2) is 18.0 Å². The van der Waals surface area contributed by atoms with Gasteiger partial charge in [0.1, 0.15) is 5.58 Å². The van der Waals surface area contributed by atoms with E-state index in [1.54, 1.807) is 31.5 Å². The van der Waals surface area contributed by atoms with Crippen molar-refractivity contribution in [2.75, 3.05) is 12.4 Å². The summed E-state index contributed by atoms with van der Waals surface area (Å²) in [6.07, 6.45) is 3.16. The molecule has 0 radical (unpaired) electrons. The Labute approximate surface area is 137 Å². The fraction of sp³-hybridized carbons (Fsp3) is 0.0526. The first-order valence-electron chi connectivity index (χ1n) is 7.47. The van der Waals surface area contributed by atoms with E-state index < -0.39 is 0 Å². The number of fused-ring (bicyclic) bond motifs is 3. The minimum Gasteiger partial charge on any atom is -0.493 e. The molecule has 5 nitrogen and oxygen atoms in total. The largest absolute Gasteiger partial charge is 0.493 e. The quantitative estimate of drug-likeness (QED) is 0.613. The van der Waals surface area contributed by atoms with E-state index in [4.69, 9.17) is 9.15 Å². The van der Waals surface area contributed by atoms with Gasteiger partial charge in [0.05, 0.1) is 23.7 Å². The van der Waals surface area contributed by atoms with Crippen LogP contribution >= 0.6 is 0 Å². The lowest BCUT2D eigenvalue weighted by Crippen LogP contribution is -2.12. The minimum atomic E-state index is -0.222. The molecule has 0 fully saturated rings. The smallest absolute Gasteiger partial charge is 0.257 e. The second kappa shape index (κ2) is 5.70. The van der Waals surface area contributed by atoms with E-state index in [1.165, 1.54) is 6.20 Å². The summed E-state index contributed by atoms with van der Waals surface area (Å²) < 4.78 is 11.3. The number of anilines is 1. The van der Waals surface area contributed by atoms with Gasteiger partial charge in [-0.3, -0.25) is 9.78 Å². The van der Waals surface area contributed by atoms with Crippen LogP contribution in [0.5, 0.6) is 5.75 Å². The second-order valence-corrected chi connectivity index (χ2v) is 5.31. The molecule has 2 heterocycles. The summed E-state index contributed by atoms with van der Waals surface area (Å²) >= 11 is 0. The van der Waals surface area contributed by atoms with Gasteiger partial charge in [0.2, 0.25) is 0 Å². The van der Waals surface area contributed by atoms with Gasteiger partial charge in [-0.25, -0.2) is 0 Å². The normalized spacial score (nSPS) is 10.9. The minimum absolute atomic E-state index is 0.222. The summed E-state index contributed by atoms with van der Waals surface area (Å²) in [5.41, 5.74) is 2.52. The zero-order valence-electron chi connectivity index (χ0n) is 12.9. The molecule has 0 spiro atoms. The summed E-state index contributed by atoms with van der Waals surface area (Å²) in [7, 11) is 1.59. The number of pyridine rings is 1. The number of ether oxygens (including phenoxy) is 1. The molecule has 0 aliphatic heterocycles. The van der Waals surface area contributed by atoms with Crippen LogP contribution in [0.3, 0.4) is 0 Å². The fourth-order valence-corrected chi connectivity index (χ4v) is 2.76. The van der Waals surface area contributed by atoms with Crippen LogP contribution in [-0.2, 0) is 0 Å². The Morgan fingerprint density at radius 3 is 2.79 bits per heavy atom. The zero-order valence-corrected chi connectivity index (χ0v) is 12.9. The third-order valence-corrected chi connectivity index (χ3v) is 3.88. The molecule has 0 bridgehead atoms. The van der Waals surface area contributed by atoms with Gasteiger partial charge in [0.25, 0.3) is 5.91 Å². The molecule has 4 aromatic rings. The number of aromatic nitrogens is 1. The first-order chi connectivity index (χ1) is 11.8. The van der Waals surface area contributed by atoms with E-state index >= 15 is 0 Å². The van der Waals surface area contributed by atoms with Crippen molar-refractivity contribution in [3.05, 3.63) is 66.5 Å². The third-order valence-electron chi connectivity index (χ3n) is 3.88. The Balaban J connectivity index is 1.88. The Hall–Kier alpha value is -3.34. The molecule has 1 amide bonds. The molecule has 5 heteroatoms. The highest BCUT2D eigenvalue weighted by Gasteiger charge is 2.17. The van der Waals surface area contributed by atoms with Crippen LogP contribution in [0.4, 0.5) is 5.69 Å². The van der Waals surface area contributed by atoms with Crippen molar-refractivity contribution in [3.8, 4) is 5.75 Å². The highest BCUT2D eigenvalue weighted by atomic mass is 16.5. The average molecular weight is 318 g/mol. The van der Waals surface area contributed by atoms with Crippen LogP contribution in [0.25, 0.3) is 21.9 Å². The van der Waals surface area contributed by atoms with Crippen molar-refractivity contribution in [2.45, 2.75) is 0 Å². The van der Waals surface area contributed by atoms with Gasteiger partial charge in [0, 0.05) is 17.8 Å². The first kappa shape index (κ1) is 14.3. The summed E-state index contributed by atoms with van der Waals surface area (Å²) in [6, 6.07) is 14.7. The number of rotatable bonds is 3. The number of carbonyl (C=O) groups is 1. The van der Waals surface area contributed by atoms with Gasteiger partial charge in [-0.15, -0.1) is 0 Å². The summed E-state index contributed by atoms with van der Waals surface area (Å²) in [4.78, 5) is 16.4. The maximum Gasteiger partial charge on any atom is 0.257 e. The number of methoxy groups -OCH3 is 1. The van der Waals surface area contributed by atoms with E-state index in [-0.39, 0.29) is 5.91 Å². The summed E-state index contributed by atoms with van der Waals surface area (Å²) in [6.45, 7) is 0. The van der Waals surface area contributed by atoms with Crippen LogP contribution < -0.4 is 10.1 Å². The number of para-hydroxylation sites is 1. The van der Waals surface area contributed by atoms with Crippen LogP contribution in [0, 0.1) is 0 Å². The van der Waals surface area contributed by atoms with Crippen LogP contribution in [0.15, 0.2) is 65.3 Å². The average Bonchev–Trinajstić information content (AvgIpc) is 3.02. The molecule has 2 aromatic carbocycles. The molecule has 24 heavy (non-hydrogen) atoms. The number of benzene rings is 2. The van der Waals surface area contributed by atoms with Gasteiger partial charge in [-0.1, -0.05) is 18.2 Å². The van der Waals surface area contributed by atoms with Crippen molar-refractivity contribution < 1.29 is 13.9 Å². The van der Waals surface area contributed by atoms with E-state index in [2.05, 4.69) is 10.3 Å². The molecule has 0 atom stereocenters. The fourth-order valence-electron chi connectivity index (χ4n) is 2.76. The lowest BCUT2D eigenvalue weighted by Gasteiger charge is -2.08. The number of furan rings is 1. The molecular formula is C19H14N2O3. The van der Waals surface area contributed by atoms with Crippen molar-refractivity contribution in [1.29, 1.82) is 0 Å². The first-order valence-corrected chi connectivity index (χ1v) is 7.47. The Bertz CT molecular complexity index is 1040. The number of amides is 1. The number of hydrogen-bond donors (Lipinski definition) is 1. The SMILES string of the molecule is COc1ccc(NC(=O)c2cccnc2)c2c1oc1ccccc12. The van der Waals surface area contributed by atoms with E-state index in [1.807, 2.05) is 30.3 Å². The standard InChI is InChI=1S/C19H14N2O3/c1-23-16-9-8-14(21-19(22)12-5-4-10-20-11-12)17-13-6-2-3-7-15(13)24-18(16)17/h2-11H,1H3,(H,21,22). The van der Waals surface area contributed by atoms with Gasteiger partial charge in [-0.2, -0.15) is 0 Å². The lowest BCUT2D eigenvalue weighted by molar-refractivity contribution is 0.102. The molecule has 118 valence electrons. The van der Waals surface area contributed by atoms with E-state index in [9.17, 15) is 4.79 Å². The molecular weight excluding hydrogens is 304 g/mol. The molecule has 4 rings (SSSR count). The second-order valence-electron chi connectivity index (χ2n) is 5.31. The predicted molar refractivity (Wildman–Crippen MR) is 92.5 cm³/mol. The number of nitrogens with zero attached hydrogens (tertiary/aromatic N) is 1. The number of nitrogens with one attached hydrogen (secondary N) is 1. The predicted octanol–water partition coefficient (Wildman–Crippen LogP) is 4.24.